The third-order valence-electron chi connectivity index (χ3n) is 6.40. The lowest BCUT2D eigenvalue weighted by Crippen LogP contribution is -2.49. The standard InChI is InChI=1S/C24H24F3NO4/c25-24(26,27)19-6-1-15(2-7-19)17-5-10-21(22(29)18-11-12-32-14-18)28(13-17)20-8-3-16(4-9-20)23(30)31/h1-4,6-9,17-18,21H,5,10-14H2,(H,30,31)/t17?,18?,21-/m0/s1. The number of Topliss-reactive ketones (excluding diaryl/α,β-unsaturated/α-hetero) is 1. The topological polar surface area (TPSA) is 66.8 Å². The molecule has 2 fully saturated rings. The number of ketones is 1. The summed E-state index contributed by atoms with van der Waals surface area (Å²) >= 11 is 0. The van der Waals surface area contributed by atoms with Gasteiger partial charge >= 0.3 is 12.1 Å². The predicted molar refractivity (Wildman–Crippen MR) is 112 cm³/mol. The van der Waals surface area contributed by atoms with Gasteiger partial charge in [0.2, 0.25) is 0 Å². The van der Waals surface area contributed by atoms with Crippen LogP contribution < -0.4 is 4.90 Å². The average molecular weight is 447 g/mol. The van der Waals surface area contributed by atoms with Gasteiger partial charge in [-0.1, -0.05) is 12.1 Å². The summed E-state index contributed by atoms with van der Waals surface area (Å²) in [5.41, 5.74) is 0.980. The molecule has 4 rings (SSSR count). The normalized spacial score (nSPS) is 23.8. The predicted octanol–water partition coefficient (Wildman–Crippen LogP) is 4.76. The maximum Gasteiger partial charge on any atom is 0.416 e. The van der Waals surface area contributed by atoms with Crippen molar-refractivity contribution in [3.05, 3.63) is 65.2 Å². The molecule has 0 saturated carbocycles. The van der Waals surface area contributed by atoms with Crippen molar-refractivity contribution in [1.82, 2.24) is 0 Å². The van der Waals surface area contributed by atoms with Crippen LogP contribution in [0, 0.1) is 5.92 Å². The molecule has 0 aliphatic carbocycles. The molecule has 0 spiro atoms. The van der Waals surface area contributed by atoms with Gasteiger partial charge in [-0.2, -0.15) is 13.2 Å². The molecule has 3 atom stereocenters. The first-order valence-electron chi connectivity index (χ1n) is 10.6. The van der Waals surface area contributed by atoms with E-state index in [1.807, 2.05) is 4.90 Å². The van der Waals surface area contributed by atoms with Crippen LogP contribution in [0.1, 0.15) is 46.7 Å². The third-order valence-corrected chi connectivity index (χ3v) is 6.40. The molecule has 0 aromatic heterocycles. The van der Waals surface area contributed by atoms with Crippen molar-refractivity contribution in [2.45, 2.75) is 37.4 Å². The molecule has 2 heterocycles. The van der Waals surface area contributed by atoms with Crippen molar-refractivity contribution < 1.29 is 32.6 Å². The van der Waals surface area contributed by atoms with Crippen LogP contribution in [0.5, 0.6) is 0 Å². The number of aromatic carboxylic acids is 1. The molecule has 2 aliphatic heterocycles. The number of alkyl halides is 3. The fourth-order valence-electron chi connectivity index (χ4n) is 4.59. The van der Waals surface area contributed by atoms with E-state index in [2.05, 4.69) is 0 Å². The molecule has 170 valence electrons. The Hall–Kier alpha value is -2.87. The van der Waals surface area contributed by atoms with E-state index >= 15 is 0 Å². The van der Waals surface area contributed by atoms with Gasteiger partial charge in [0.1, 0.15) is 0 Å². The minimum Gasteiger partial charge on any atom is -0.478 e. The molecule has 2 aromatic rings. The molecule has 2 saturated heterocycles. The minimum atomic E-state index is -4.39. The molecule has 32 heavy (non-hydrogen) atoms. The third kappa shape index (κ3) is 4.65. The summed E-state index contributed by atoms with van der Waals surface area (Å²) in [7, 11) is 0. The van der Waals surface area contributed by atoms with Crippen LogP contribution in [-0.4, -0.2) is 42.7 Å². The Bertz CT molecular complexity index is 966. The molecule has 1 N–H and O–H groups in total. The maximum atomic E-state index is 13.2. The van der Waals surface area contributed by atoms with Gasteiger partial charge in [0, 0.05) is 30.7 Å². The Morgan fingerprint density at radius 2 is 1.66 bits per heavy atom. The highest BCUT2D eigenvalue weighted by Crippen LogP contribution is 2.37. The number of halogens is 3. The number of piperidine rings is 1. The van der Waals surface area contributed by atoms with Crippen LogP contribution in [0.25, 0.3) is 0 Å². The first-order chi connectivity index (χ1) is 15.2. The number of carboxylic acid groups (broad SMARTS) is 1. The fourth-order valence-corrected chi connectivity index (χ4v) is 4.59. The van der Waals surface area contributed by atoms with E-state index < -0.39 is 17.7 Å². The number of anilines is 1. The van der Waals surface area contributed by atoms with Gasteiger partial charge in [-0.15, -0.1) is 0 Å². The van der Waals surface area contributed by atoms with E-state index in [1.165, 1.54) is 24.3 Å². The summed E-state index contributed by atoms with van der Waals surface area (Å²) in [5, 5.41) is 9.18. The van der Waals surface area contributed by atoms with Crippen LogP contribution in [0.15, 0.2) is 48.5 Å². The number of nitrogens with zero attached hydrogens (tertiary/aromatic N) is 1. The molecule has 2 aliphatic rings. The van der Waals surface area contributed by atoms with Crippen molar-refractivity contribution >= 4 is 17.4 Å². The monoisotopic (exact) mass is 447 g/mol. The van der Waals surface area contributed by atoms with E-state index in [9.17, 15) is 27.9 Å². The number of rotatable bonds is 5. The first kappa shape index (κ1) is 22.3. The highest BCUT2D eigenvalue weighted by Gasteiger charge is 2.38. The van der Waals surface area contributed by atoms with Gasteiger partial charge < -0.3 is 14.7 Å². The molecular formula is C24H24F3NO4. The molecule has 0 bridgehead atoms. The van der Waals surface area contributed by atoms with Gasteiger partial charge in [-0.3, -0.25) is 4.79 Å². The van der Waals surface area contributed by atoms with Crippen LogP contribution in [0.3, 0.4) is 0 Å². The number of benzene rings is 2. The number of carbonyl (C=O) groups excluding carboxylic acids is 1. The number of hydrogen-bond donors (Lipinski definition) is 1. The highest BCUT2D eigenvalue weighted by molar-refractivity contribution is 5.91. The zero-order valence-electron chi connectivity index (χ0n) is 17.3. The quantitative estimate of drug-likeness (QED) is 0.716. The Balaban J connectivity index is 1.60. The molecule has 2 aromatic carbocycles. The second kappa shape index (κ2) is 8.94. The van der Waals surface area contributed by atoms with E-state index in [1.54, 1.807) is 12.1 Å². The summed E-state index contributed by atoms with van der Waals surface area (Å²) in [6.07, 6.45) is -2.45. The Kier molecular flexibility index (Phi) is 6.24. The summed E-state index contributed by atoms with van der Waals surface area (Å²) in [6, 6.07) is 11.2. The number of carbonyl (C=O) groups is 2. The summed E-state index contributed by atoms with van der Waals surface area (Å²) in [6.45, 7) is 1.43. The molecular weight excluding hydrogens is 423 g/mol. The van der Waals surface area contributed by atoms with Crippen LogP contribution >= 0.6 is 0 Å². The van der Waals surface area contributed by atoms with Crippen molar-refractivity contribution in [3.63, 3.8) is 0 Å². The van der Waals surface area contributed by atoms with Gasteiger partial charge in [0.15, 0.2) is 5.78 Å². The van der Waals surface area contributed by atoms with Crippen LogP contribution in [0.2, 0.25) is 0 Å². The van der Waals surface area contributed by atoms with Gasteiger partial charge in [-0.05, 0) is 61.2 Å². The number of carboxylic acids is 1. The molecule has 2 unspecified atom stereocenters. The van der Waals surface area contributed by atoms with E-state index in [-0.39, 0.29) is 29.2 Å². The second-order valence-corrected chi connectivity index (χ2v) is 8.38. The van der Waals surface area contributed by atoms with Gasteiger partial charge in [-0.25, -0.2) is 4.79 Å². The Morgan fingerprint density at radius 3 is 2.22 bits per heavy atom. The van der Waals surface area contributed by atoms with Crippen molar-refractivity contribution in [2.24, 2.45) is 5.92 Å². The summed E-state index contributed by atoms with van der Waals surface area (Å²) < 4.78 is 44.2. The van der Waals surface area contributed by atoms with Crippen molar-refractivity contribution in [3.8, 4) is 0 Å². The lowest BCUT2D eigenvalue weighted by Gasteiger charge is -2.41. The summed E-state index contributed by atoms with van der Waals surface area (Å²) in [4.78, 5) is 26.4. The lowest BCUT2D eigenvalue weighted by molar-refractivity contribution is -0.137. The van der Waals surface area contributed by atoms with Gasteiger partial charge in [0.25, 0.3) is 0 Å². The largest absolute Gasteiger partial charge is 0.478 e. The molecule has 0 amide bonds. The second-order valence-electron chi connectivity index (χ2n) is 8.38. The lowest BCUT2D eigenvalue weighted by atomic mass is 9.83. The molecule has 5 nitrogen and oxygen atoms in total. The van der Waals surface area contributed by atoms with E-state index in [0.717, 1.165) is 23.4 Å². The van der Waals surface area contributed by atoms with E-state index in [0.29, 0.717) is 39.0 Å². The zero-order chi connectivity index (χ0) is 22.9. The Morgan fingerprint density at radius 1 is 0.969 bits per heavy atom. The SMILES string of the molecule is O=C(O)c1ccc(N2CC(c3ccc(C(F)(F)F)cc3)CC[C@H]2C(=O)C2CCOC2)cc1. The van der Waals surface area contributed by atoms with Crippen molar-refractivity contribution in [1.29, 1.82) is 0 Å². The number of ether oxygens (including phenoxy) is 1. The molecule has 0 radical (unpaired) electrons. The smallest absolute Gasteiger partial charge is 0.416 e. The zero-order valence-corrected chi connectivity index (χ0v) is 17.3. The maximum absolute atomic E-state index is 13.2. The van der Waals surface area contributed by atoms with Crippen LogP contribution in [-0.2, 0) is 15.7 Å². The highest BCUT2D eigenvalue weighted by atomic mass is 19.4. The molecule has 8 heteroatoms. The van der Waals surface area contributed by atoms with Gasteiger partial charge in [0.05, 0.1) is 23.8 Å². The first-order valence-corrected chi connectivity index (χ1v) is 10.6. The Labute approximate surface area is 183 Å². The van der Waals surface area contributed by atoms with E-state index in [4.69, 9.17) is 4.74 Å². The number of hydrogen-bond acceptors (Lipinski definition) is 4. The minimum absolute atomic E-state index is 0.0414. The van der Waals surface area contributed by atoms with Crippen LogP contribution in [0.4, 0.5) is 18.9 Å². The van der Waals surface area contributed by atoms with Crippen molar-refractivity contribution in [2.75, 3.05) is 24.7 Å². The fraction of sp³-hybridized carbons (Fsp3) is 0.417. The summed E-state index contributed by atoms with van der Waals surface area (Å²) in [5.74, 6) is -1.13. The average Bonchev–Trinajstić information content (AvgIpc) is 3.33.